The molecule has 0 aromatic heterocycles. The highest BCUT2D eigenvalue weighted by Crippen LogP contribution is 2.38. The smallest absolute Gasteiger partial charge is 0.227 e. The summed E-state index contributed by atoms with van der Waals surface area (Å²) in [5, 5.41) is 0.584. The van der Waals surface area contributed by atoms with Gasteiger partial charge in [0.2, 0.25) is 5.91 Å². The van der Waals surface area contributed by atoms with Crippen LogP contribution in [0.15, 0.2) is 18.2 Å². The highest BCUT2D eigenvalue weighted by Gasteiger charge is 2.42. The van der Waals surface area contributed by atoms with Crippen LogP contribution in [-0.4, -0.2) is 44.2 Å². The first-order valence-corrected chi connectivity index (χ1v) is 7.68. The highest BCUT2D eigenvalue weighted by atomic mass is 35.5. The minimum atomic E-state index is 0.116. The lowest BCUT2D eigenvalue weighted by molar-refractivity contribution is -0.129. The zero-order valence-electron chi connectivity index (χ0n) is 12.2. The van der Waals surface area contributed by atoms with Gasteiger partial charge in [0.15, 0.2) is 0 Å². The van der Waals surface area contributed by atoms with Crippen LogP contribution in [0, 0.1) is 5.41 Å². The van der Waals surface area contributed by atoms with Gasteiger partial charge in [-0.05, 0) is 25.0 Å². The summed E-state index contributed by atoms with van der Waals surface area (Å²) >= 11 is 6.21. The molecular formula is C16H20ClNO3. The average molecular weight is 310 g/mol. The molecule has 1 aromatic rings. The molecule has 3 rings (SSSR count). The second kappa shape index (κ2) is 5.85. The molecule has 0 saturated carbocycles. The van der Waals surface area contributed by atoms with Gasteiger partial charge in [0.05, 0.1) is 20.1 Å². The van der Waals surface area contributed by atoms with Crippen molar-refractivity contribution in [2.24, 2.45) is 5.41 Å². The molecule has 0 N–H and O–H groups in total. The average Bonchev–Trinajstić information content (AvgIpc) is 3.12. The lowest BCUT2D eigenvalue weighted by atomic mass is 9.87. The van der Waals surface area contributed by atoms with Gasteiger partial charge in [-0.3, -0.25) is 4.79 Å². The van der Waals surface area contributed by atoms with E-state index in [1.165, 1.54) is 0 Å². The van der Waals surface area contributed by atoms with Gasteiger partial charge >= 0.3 is 0 Å². The molecule has 1 aromatic carbocycles. The normalized spacial score (nSPS) is 24.8. The number of hydrogen-bond donors (Lipinski definition) is 0. The first-order chi connectivity index (χ1) is 10.1. The number of carbonyl (C=O) groups excluding carboxylic acids is 1. The molecule has 5 heteroatoms. The van der Waals surface area contributed by atoms with Crippen molar-refractivity contribution in [2.75, 3.05) is 33.4 Å². The van der Waals surface area contributed by atoms with Crippen molar-refractivity contribution in [3.63, 3.8) is 0 Å². The lowest BCUT2D eigenvalue weighted by Gasteiger charge is -2.22. The van der Waals surface area contributed by atoms with E-state index in [0.717, 1.165) is 44.7 Å². The van der Waals surface area contributed by atoms with Gasteiger partial charge in [-0.15, -0.1) is 0 Å². The van der Waals surface area contributed by atoms with Gasteiger partial charge in [-0.25, -0.2) is 0 Å². The van der Waals surface area contributed by atoms with Gasteiger partial charge < -0.3 is 14.4 Å². The van der Waals surface area contributed by atoms with Crippen molar-refractivity contribution in [3.8, 4) is 5.75 Å². The van der Waals surface area contributed by atoms with E-state index < -0.39 is 0 Å². The van der Waals surface area contributed by atoms with Crippen LogP contribution in [0.4, 0.5) is 0 Å². The maximum atomic E-state index is 12.5. The highest BCUT2D eigenvalue weighted by molar-refractivity contribution is 6.31. The second-order valence-corrected chi connectivity index (χ2v) is 6.37. The molecule has 0 radical (unpaired) electrons. The van der Waals surface area contributed by atoms with E-state index >= 15 is 0 Å². The zero-order valence-corrected chi connectivity index (χ0v) is 13.0. The van der Waals surface area contributed by atoms with Crippen LogP contribution in [0.1, 0.15) is 18.4 Å². The fourth-order valence-electron chi connectivity index (χ4n) is 3.28. The molecule has 1 atom stereocenters. The Morgan fingerprint density at radius 2 is 2.33 bits per heavy atom. The van der Waals surface area contributed by atoms with Crippen LogP contribution < -0.4 is 4.74 Å². The predicted octanol–water partition coefficient (Wildman–Crippen LogP) is 2.53. The Hall–Kier alpha value is -1.26. The van der Waals surface area contributed by atoms with Crippen molar-refractivity contribution in [1.82, 2.24) is 4.90 Å². The monoisotopic (exact) mass is 309 g/mol. The number of likely N-dealkylation sites (tertiary alicyclic amines) is 1. The Balaban J connectivity index is 1.70. The quantitative estimate of drug-likeness (QED) is 0.861. The third-order valence-electron chi connectivity index (χ3n) is 4.60. The van der Waals surface area contributed by atoms with Crippen molar-refractivity contribution in [2.45, 2.75) is 19.3 Å². The van der Waals surface area contributed by atoms with E-state index in [-0.39, 0.29) is 11.3 Å². The summed E-state index contributed by atoms with van der Waals surface area (Å²) in [6.07, 6.45) is 2.39. The van der Waals surface area contributed by atoms with Crippen LogP contribution in [0.2, 0.25) is 5.02 Å². The van der Waals surface area contributed by atoms with Gasteiger partial charge in [0.25, 0.3) is 0 Å². The number of carbonyl (C=O) groups is 1. The minimum Gasteiger partial charge on any atom is -0.496 e. The summed E-state index contributed by atoms with van der Waals surface area (Å²) in [6.45, 7) is 3.22. The molecule has 0 unspecified atom stereocenters. The second-order valence-electron chi connectivity index (χ2n) is 5.97. The Bertz CT molecular complexity index is 540. The van der Waals surface area contributed by atoms with Crippen LogP contribution in [0.5, 0.6) is 5.75 Å². The zero-order chi connectivity index (χ0) is 14.9. The fraction of sp³-hybridized carbons (Fsp3) is 0.562. The summed E-state index contributed by atoms with van der Waals surface area (Å²) in [4.78, 5) is 14.5. The van der Waals surface area contributed by atoms with E-state index in [1.54, 1.807) is 13.2 Å². The third kappa shape index (κ3) is 2.87. The first-order valence-electron chi connectivity index (χ1n) is 7.30. The number of nitrogens with zero attached hydrogens (tertiary/aromatic N) is 1. The Morgan fingerprint density at radius 3 is 3.05 bits per heavy atom. The molecule has 114 valence electrons. The van der Waals surface area contributed by atoms with Gasteiger partial charge in [-0.2, -0.15) is 0 Å². The van der Waals surface area contributed by atoms with Crippen molar-refractivity contribution in [3.05, 3.63) is 28.8 Å². The SMILES string of the molecule is COc1cccc(Cl)c1CC(=O)N1CC[C@]2(CCOC2)C1. The van der Waals surface area contributed by atoms with Crippen LogP contribution in [0.25, 0.3) is 0 Å². The first kappa shape index (κ1) is 14.7. The molecule has 0 aliphatic carbocycles. The summed E-state index contributed by atoms with van der Waals surface area (Å²) in [5.41, 5.74) is 0.968. The van der Waals surface area contributed by atoms with Crippen molar-refractivity contribution >= 4 is 17.5 Å². The molecule has 2 saturated heterocycles. The number of hydrogen-bond acceptors (Lipinski definition) is 3. The van der Waals surface area contributed by atoms with E-state index in [2.05, 4.69) is 0 Å². The molecule has 4 nitrogen and oxygen atoms in total. The standard InChI is InChI=1S/C16H20ClNO3/c1-20-14-4-2-3-13(17)12(14)9-15(19)18-7-5-16(10-18)6-8-21-11-16/h2-4H,5-11H2,1H3/t16-/m0/s1. The largest absolute Gasteiger partial charge is 0.496 e. The maximum Gasteiger partial charge on any atom is 0.227 e. The van der Waals surface area contributed by atoms with Crippen molar-refractivity contribution in [1.29, 1.82) is 0 Å². The molecule has 2 fully saturated rings. The number of amides is 1. The Morgan fingerprint density at radius 1 is 1.48 bits per heavy atom. The molecule has 21 heavy (non-hydrogen) atoms. The topological polar surface area (TPSA) is 38.8 Å². The van der Waals surface area contributed by atoms with Crippen LogP contribution in [0.3, 0.4) is 0 Å². The van der Waals surface area contributed by atoms with Crippen LogP contribution >= 0.6 is 11.6 Å². The molecule has 1 spiro atoms. The lowest BCUT2D eigenvalue weighted by Crippen LogP contribution is -2.33. The number of rotatable bonds is 3. The molecule has 2 aliphatic rings. The van der Waals surface area contributed by atoms with E-state index in [1.807, 2.05) is 17.0 Å². The number of methoxy groups -OCH3 is 1. The van der Waals surface area contributed by atoms with E-state index in [4.69, 9.17) is 21.1 Å². The number of halogens is 1. The van der Waals surface area contributed by atoms with Crippen molar-refractivity contribution < 1.29 is 14.3 Å². The summed E-state index contributed by atoms with van der Waals surface area (Å²) in [7, 11) is 1.60. The third-order valence-corrected chi connectivity index (χ3v) is 4.95. The Labute approximate surface area is 130 Å². The maximum absolute atomic E-state index is 12.5. The molecule has 2 heterocycles. The number of benzene rings is 1. The van der Waals surface area contributed by atoms with Gasteiger partial charge in [0, 0.05) is 35.7 Å². The summed E-state index contributed by atoms with van der Waals surface area (Å²) in [6, 6.07) is 5.46. The summed E-state index contributed by atoms with van der Waals surface area (Å²) in [5.74, 6) is 0.791. The van der Waals surface area contributed by atoms with E-state index in [9.17, 15) is 4.79 Å². The van der Waals surface area contributed by atoms with Gasteiger partial charge in [-0.1, -0.05) is 17.7 Å². The predicted molar refractivity (Wildman–Crippen MR) is 80.8 cm³/mol. The molecule has 0 bridgehead atoms. The van der Waals surface area contributed by atoms with Crippen LogP contribution in [-0.2, 0) is 16.0 Å². The van der Waals surface area contributed by atoms with Gasteiger partial charge in [0.1, 0.15) is 5.75 Å². The fourth-order valence-corrected chi connectivity index (χ4v) is 3.52. The Kier molecular flexibility index (Phi) is 4.09. The number of ether oxygens (including phenoxy) is 2. The molecule has 2 aliphatic heterocycles. The molecular weight excluding hydrogens is 290 g/mol. The molecule has 1 amide bonds. The minimum absolute atomic E-state index is 0.116. The van der Waals surface area contributed by atoms with E-state index in [0.29, 0.717) is 17.2 Å². The summed E-state index contributed by atoms with van der Waals surface area (Å²) < 4.78 is 10.8.